The van der Waals surface area contributed by atoms with E-state index >= 15 is 4.39 Å². The van der Waals surface area contributed by atoms with Crippen LogP contribution in [0.5, 0.6) is 5.75 Å². The van der Waals surface area contributed by atoms with Gasteiger partial charge in [0.1, 0.15) is 17.9 Å². The summed E-state index contributed by atoms with van der Waals surface area (Å²) in [6, 6.07) is 5.37. The number of Topliss-reactive ketones (excluding diaryl/α,β-unsaturated/α-hetero) is 1. The predicted octanol–water partition coefficient (Wildman–Crippen LogP) is 5.11. The van der Waals surface area contributed by atoms with Crippen molar-refractivity contribution in [1.82, 2.24) is 9.97 Å². The Balaban J connectivity index is 1.64. The van der Waals surface area contributed by atoms with Crippen molar-refractivity contribution < 1.29 is 31.8 Å². The quantitative estimate of drug-likeness (QED) is 0.394. The van der Waals surface area contributed by atoms with Gasteiger partial charge < -0.3 is 14.5 Å². The van der Waals surface area contributed by atoms with Crippen molar-refractivity contribution in [3.8, 4) is 5.75 Å². The van der Waals surface area contributed by atoms with Gasteiger partial charge in [-0.05, 0) is 55.0 Å². The van der Waals surface area contributed by atoms with Gasteiger partial charge in [-0.15, -0.1) is 13.2 Å². The van der Waals surface area contributed by atoms with Crippen molar-refractivity contribution in [3.63, 3.8) is 0 Å². The molecular weight excluding hydrogens is 416 g/mol. The predicted molar refractivity (Wildman–Crippen MR) is 105 cm³/mol. The van der Waals surface area contributed by atoms with Gasteiger partial charge in [-0.25, -0.2) is 9.37 Å². The lowest BCUT2D eigenvalue weighted by molar-refractivity contribution is -0.274. The molecule has 9 heteroatoms. The van der Waals surface area contributed by atoms with Crippen molar-refractivity contribution in [2.75, 3.05) is 13.2 Å². The van der Waals surface area contributed by atoms with Gasteiger partial charge in [-0.3, -0.25) is 4.79 Å². The number of hydrogen-bond acceptors (Lipinski definition) is 4. The molecule has 0 amide bonds. The molecule has 0 aliphatic heterocycles. The first-order valence-corrected chi connectivity index (χ1v) is 9.82. The van der Waals surface area contributed by atoms with Crippen LogP contribution >= 0.6 is 0 Å². The molecule has 164 valence electrons. The molecule has 2 aromatic carbocycles. The summed E-state index contributed by atoms with van der Waals surface area (Å²) < 4.78 is 62.0. The van der Waals surface area contributed by atoms with E-state index in [0.29, 0.717) is 29.2 Å². The highest BCUT2D eigenvalue weighted by Crippen LogP contribution is 2.30. The number of fused-ring (bicyclic) bond motifs is 1. The Morgan fingerprint density at radius 3 is 2.71 bits per heavy atom. The van der Waals surface area contributed by atoms with Crippen LogP contribution in [0.4, 0.5) is 17.6 Å². The van der Waals surface area contributed by atoms with Crippen LogP contribution in [0.1, 0.15) is 39.9 Å². The number of H-pyrrole nitrogens is 1. The molecule has 1 aliphatic carbocycles. The third kappa shape index (κ3) is 5.04. The van der Waals surface area contributed by atoms with Gasteiger partial charge in [-0.1, -0.05) is 6.07 Å². The molecule has 0 bridgehead atoms. The smallest absolute Gasteiger partial charge is 0.406 e. The number of aromatic nitrogens is 2. The minimum Gasteiger partial charge on any atom is -0.406 e. The Labute approximate surface area is 175 Å². The molecule has 31 heavy (non-hydrogen) atoms. The number of rotatable bonds is 8. The summed E-state index contributed by atoms with van der Waals surface area (Å²) in [5.74, 6) is -0.874. The van der Waals surface area contributed by atoms with Gasteiger partial charge in [-0.2, -0.15) is 0 Å². The van der Waals surface area contributed by atoms with Gasteiger partial charge in [0.2, 0.25) is 0 Å². The molecule has 1 N–H and O–H groups in total. The zero-order valence-corrected chi connectivity index (χ0v) is 16.7. The van der Waals surface area contributed by atoms with Gasteiger partial charge >= 0.3 is 6.36 Å². The number of nitrogens with one attached hydrogen (secondary N) is 1. The van der Waals surface area contributed by atoms with Crippen LogP contribution in [0.15, 0.2) is 30.6 Å². The van der Waals surface area contributed by atoms with E-state index in [9.17, 15) is 18.0 Å². The Bertz CT molecular complexity index is 1120. The molecule has 4 rings (SSSR count). The maximum atomic E-state index is 15.3. The van der Waals surface area contributed by atoms with Crippen LogP contribution in [-0.2, 0) is 11.2 Å². The van der Waals surface area contributed by atoms with E-state index in [2.05, 4.69) is 14.7 Å². The molecule has 0 spiro atoms. The molecule has 0 unspecified atom stereocenters. The summed E-state index contributed by atoms with van der Waals surface area (Å²) in [5, 5.41) is 0. The minimum absolute atomic E-state index is 0.0104. The number of aromatic amines is 1. The summed E-state index contributed by atoms with van der Waals surface area (Å²) in [4.78, 5) is 19.6. The Morgan fingerprint density at radius 1 is 1.26 bits per heavy atom. The Morgan fingerprint density at radius 2 is 2.03 bits per heavy atom. The second-order valence-electron chi connectivity index (χ2n) is 7.71. The molecule has 1 aliphatic rings. The van der Waals surface area contributed by atoms with E-state index in [1.165, 1.54) is 24.5 Å². The monoisotopic (exact) mass is 436 g/mol. The zero-order valence-electron chi connectivity index (χ0n) is 16.7. The summed E-state index contributed by atoms with van der Waals surface area (Å²) >= 11 is 0. The maximum Gasteiger partial charge on any atom is 0.573 e. The number of aryl methyl sites for hydroxylation is 1. The fourth-order valence-electron chi connectivity index (χ4n) is 3.44. The number of carbonyl (C=O) groups is 1. The maximum absolute atomic E-state index is 15.3. The van der Waals surface area contributed by atoms with Crippen LogP contribution < -0.4 is 4.74 Å². The number of carbonyl (C=O) groups excluding carboxylic acids is 1. The fourth-order valence-corrected chi connectivity index (χ4v) is 3.44. The molecule has 5 nitrogen and oxygen atoms in total. The van der Waals surface area contributed by atoms with Gasteiger partial charge in [0.15, 0.2) is 11.6 Å². The second kappa shape index (κ2) is 8.30. The molecule has 3 aromatic rings. The number of imidazole rings is 1. The number of halogens is 4. The average Bonchev–Trinajstić information content (AvgIpc) is 3.38. The number of alkyl halides is 3. The minimum atomic E-state index is -4.80. The lowest BCUT2D eigenvalue weighted by Crippen LogP contribution is -2.17. The first kappa shape index (κ1) is 21.3. The summed E-state index contributed by atoms with van der Waals surface area (Å²) in [5.41, 5.74) is 1.83. The summed E-state index contributed by atoms with van der Waals surface area (Å²) in [6.07, 6.45) is -1.28. The molecular formula is C22H20F4N2O3. The standard InChI is InChI=1S/C22H20F4N2O3/c1-12-6-15(31-22(24,25)26)5-4-14(12)7-17-16(19(29)10-30-9-13-2-3-13)8-18-21(20(17)23)28-11-27-18/h4-6,8,11,13H,2-3,7,9-10H2,1H3,(H,27,28). The van der Waals surface area contributed by atoms with Crippen molar-refractivity contribution in [2.24, 2.45) is 5.92 Å². The topological polar surface area (TPSA) is 64.2 Å². The van der Waals surface area contributed by atoms with E-state index < -0.39 is 12.2 Å². The van der Waals surface area contributed by atoms with E-state index in [1.54, 1.807) is 13.0 Å². The Hall–Kier alpha value is -2.94. The number of ether oxygens (including phenoxy) is 2. The van der Waals surface area contributed by atoms with Crippen molar-refractivity contribution in [2.45, 2.75) is 32.5 Å². The molecule has 0 saturated heterocycles. The fraction of sp³-hybridized carbons (Fsp3) is 0.364. The lowest BCUT2D eigenvalue weighted by Gasteiger charge is -2.14. The largest absolute Gasteiger partial charge is 0.573 e. The molecule has 1 aromatic heterocycles. The van der Waals surface area contributed by atoms with Crippen LogP contribution in [0.25, 0.3) is 11.0 Å². The molecule has 1 fully saturated rings. The first-order chi connectivity index (χ1) is 14.7. The lowest BCUT2D eigenvalue weighted by atomic mass is 9.94. The second-order valence-corrected chi connectivity index (χ2v) is 7.71. The van der Waals surface area contributed by atoms with E-state index in [1.807, 2.05) is 0 Å². The first-order valence-electron chi connectivity index (χ1n) is 9.82. The molecule has 0 atom stereocenters. The van der Waals surface area contributed by atoms with Gasteiger partial charge in [0.05, 0.1) is 18.5 Å². The van der Waals surface area contributed by atoms with Crippen LogP contribution in [0.2, 0.25) is 0 Å². The zero-order chi connectivity index (χ0) is 22.2. The van der Waals surface area contributed by atoms with E-state index in [4.69, 9.17) is 4.74 Å². The average molecular weight is 436 g/mol. The van der Waals surface area contributed by atoms with Crippen molar-refractivity contribution in [3.05, 3.63) is 58.7 Å². The molecule has 1 saturated carbocycles. The molecule has 0 radical (unpaired) electrons. The summed E-state index contributed by atoms with van der Waals surface area (Å²) in [6.45, 7) is 1.93. The highest BCUT2D eigenvalue weighted by atomic mass is 19.4. The number of nitrogens with zero attached hydrogens (tertiary/aromatic N) is 1. The van der Waals surface area contributed by atoms with Crippen molar-refractivity contribution >= 4 is 16.8 Å². The van der Waals surface area contributed by atoms with Gasteiger partial charge in [0, 0.05) is 17.5 Å². The highest BCUT2D eigenvalue weighted by molar-refractivity contribution is 6.01. The van der Waals surface area contributed by atoms with Crippen LogP contribution in [0.3, 0.4) is 0 Å². The summed E-state index contributed by atoms with van der Waals surface area (Å²) in [7, 11) is 0. The van der Waals surface area contributed by atoms with E-state index in [-0.39, 0.29) is 41.2 Å². The third-order valence-electron chi connectivity index (χ3n) is 5.25. The van der Waals surface area contributed by atoms with Gasteiger partial charge in [0.25, 0.3) is 0 Å². The SMILES string of the molecule is Cc1cc(OC(F)(F)F)ccc1Cc1c(C(=O)COCC2CC2)cc2[nH]cnc2c1F. The third-order valence-corrected chi connectivity index (χ3v) is 5.25. The van der Waals surface area contributed by atoms with E-state index in [0.717, 1.165) is 12.8 Å². The number of ketones is 1. The van der Waals surface area contributed by atoms with Crippen LogP contribution in [0, 0.1) is 18.7 Å². The molecule has 1 heterocycles. The normalized spacial score (nSPS) is 14.2. The number of benzene rings is 2. The van der Waals surface area contributed by atoms with Crippen LogP contribution in [-0.4, -0.2) is 35.3 Å². The highest BCUT2D eigenvalue weighted by Gasteiger charge is 2.31. The van der Waals surface area contributed by atoms with Crippen molar-refractivity contribution in [1.29, 1.82) is 0 Å². The Kier molecular flexibility index (Phi) is 5.70. The number of hydrogen-bond donors (Lipinski definition) is 1.